The van der Waals surface area contributed by atoms with Crippen LogP contribution in [0, 0.1) is 0 Å². The smallest absolute Gasteiger partial charge is 0.304 e. The molecule has 2 unspecified atom stereocenters. The Kier molecular flexibility index (Phi) is 4.03. The van der Waals surface area contributed by atoms with E-state index in [-0.39, 0.29) is 18.5 Å². The molecule has 2 aliphatic heterocycles. The van der Waals surface area contributed by atoms with Crippen LogP contribution in [0.3, 0.4) is 0 Å². The monoisotopic (exact) mass is 275 g/mol. The zero-order valence-corrected chi connectivity index (χ0v) is 11.6. The van der Waals surface area contributed by atoms with Crippen LogP contribution >= 0.6 is 0 Å². The standard InChI is InChI=1S/C16H21NO3/c18-16(19)9-13-6-3-4-8-17(13)15-11-20-10-12-5-1-2-7-14(12)15/h1-2,5,7,13,15H,3-4,6,8-11H2,(H,18,19). The van der Waals surface area contributed by atoms with Gasteiger partial charge in [-0.05, 0) is 30.5 Å². The van der Waals surface area contributed by atoms with Crippen molar-refractivity contribution in [2.24, 2.45) is 0 Å². The van der Waals surface area contributed by atoms with Gasteiger partial charge in [0.15, 0.2) is 0 Å². The van der Waals surface area contributed by atoms with Crippen molar-refractivity contribution in [2.75, 3.05) is 13.2 Å². The summed E-state index contributed by atoms with van der Waals surface area (Å²) in [5, 5.41) is 9.12. The third-order valence-electron chi connectivity index (χ3n) is 4.43. The largest absolute Gasteiger partial charge is 0.481 e. The zero-order chi connectivity index (χ0) is 13.9. The molecule has 0 bridgehead atoms. The van der Waals surface area contributed by atoms with Crippen LogP contribution in [0.25, 0.3) is 0 Å². The van der Waals surface area contributed by atoms with Crippen molar-refractivity contribution in [1.29, 1.82) is 0 Å². The van der Waals surface area contributed by atoms with Gasteiger partial charge in [0.2, 0.25) is 0 Å². The first-order valence-electron chi connectivity index (χ1n) is 7.39. The van der Waals surface area contributed by atoms with Crippen molar-refractivity contribution in [2.45, 2.75) is 44.4 Å². The Labute approximate surface area is 119 Å². The van der Waals surface area contributed by atoms with Crippen molar-refractivity contribution in [1.82, 2.24) is 4.90 Å². The number of aliphatic carboxylic acids is 1. The van der Waals surface area contributed by atoms with E-state index in [0.717, 1.165) is 25.8 Å². The van der Waals surface area contributed by atoms with E-state index >= 15 is 0 Å². The zero-order valence-electron chi connectivity index (χ0n) is 11.6. The van der Waals surface area contributed by atoms with Gasteiger partial charge in [0.25, 0.3) is 0 Å². The fraction of sp³-hybridized carbons (Fsp3) is 0.562. The molecule has 2 atom stereocenters. The Morgan fingerprint density at radius 2 is 2.20 bits per heavy atom. The summed E-state index contributed by atoms with van der Waals surface area (Å²) in [6, 6.07) is 8.72. The van der Waals surface area contributed by atoms with E-state index in [2.05, 4.69) is 23.1 Å². The first kappa shape index (κ1) is 13.6. The van der Waals surface area contributed by atoms with Crippen LogP contribution in [0.2, 0.25) is 0 Å². The second-order valence-electron chi connectivity index (χ2n) is 5.72. The number of likely N-dealkylation sites (tertiary alicyclic amines) is 1. The van der Waals surface area contributed by atoms with Gasteiger partial charge < -0.3 is 9.84 Å². The number of carbonyl (C=O) groups is 1. The lowest BCUT2D eigenvalue weighted by Crippen LogP contribution is -2.45. The van der Waals surface area contributed by atoms with Gasteiger partial charge in [0.05, 0.1) is 25.7 Å². The number of carboxylic acids is 1. The molecule has 2 heterocycles. The van der Waals surface area contributed by atoms with Gasteiger partial charge in [-0.15, -0.1) is 0 Å². The summed E-state index contributed by atoms with van der Waals surface area (Å²) in [7, 11) is 0. The highest BCUT2D eigenvalue weighted by Gasteiger charge is 2.33. The highest BCUT2D eigenvalue weighted by atomic mass is 16.5. The molecule has 4 heteroatoms. The average Bonchev–Trinajstić information content (AvgIpc) is 2.47. The molecule has 1 aromatic rings. The maximum absolute atomic E-state index is 11.1. The maximum Gasteiger partial charge on any atom is 0.304 e. The van der Waals surface area contributed by atoms with E-state index in [4.69, 9.17) is 9.84 Å². The summed E-state index contributed by atoms with van der Waals surface area (Å²) in [4.78, 5) is 13.4. The van der Waals surface area contributed by atoms with Crippen LogP contribution in [-0.2, 0) is 16.1 Å². The Bertz CT molecular complexity index is 488. The van der Waals surface area contributed by atoms with Crippen molar-refractivity contribution < 1.29 is 14.6 Å². The van der Waals surface area contributed by atoms with E-state index in [9.17, 15) is 4.79 Å². The SMILES string of the molecule is O=C(O)CC1CCCCN1C1COCc2ccccc21. The molecule has 1 saturated heterocycles. The highest BCUT2D eigenvalue weighted by Crippen LogP contribution is 2.34. The molecule has 20 heavy (non-hydrogen) atoms. The number of benzene rings is 1. The molecule has 4 nitrogen and oxygen atoms in total. The topological polar surface area (TPSA) is 49.8 Å². The van der Waals surface area contributed by atoms with Crippen LogP contribution in [-0.4, -0.2) is 35.2 Å². The molecule has 1 N–H and O–H groups in total. The molecule has 3 rings (SSSR count). The Hall–Kier alpha value is -1.39. The lowest BCUT2D eigenvalue weighted by Gasteiger charge is -2.42. The first-order chi connectivity index (χ1) is 9.75. The van der Waals surface area contributed by atoms with Crippen LogP contribution in [0.1, 0.15) is 42.9 Å². The summed E-state index contributed by atoms with van der Waals surface area (Å²) in [6.45, 7) is 2.32. The molecule has 0 radical (unpaired) electrons. The minimum Gasteiger partial charge on any atom is -0.481 e. The lowest BCUT2D eigenvalue weighted by atomic mass is 9.92. The third kappa shape index (κ3) is 2.72. The van der Waals surface area contributed by atoms with Gasteiger partial charge in [-0.2, -0.15) is 0 Å². The summed E-state index contributed by atoms with van der Waals surface area (Å²) in [6.07, 6.45) is 3.49. The van der Waals surface area contributed by atoms with Crippen molar-refractivity contribution in [3.63, 3.8) is 0 Å². The Morgan fingerprint density at radius 3 is 3.05 bits per heavy atom. The molecule has 0 saturated carbocycles. The fourth-order valence-electron chi connectivity index (χ4n) is 3.49. The van der Waals surface area contributed by atoms with Crippen molar-refractivity contribution >= 4 is 5.97 Å². The van der Waals surface area contributed by atoms with Gasteiger partial charge >= 0.3 is 5.97 Å². The normalized spacial score (nSPS) is 27.0. The summed E-state index contributed by atoms with van der Waals surface area (Å²) < 4.78 is 5.73. The minimum atomic E-state index is -0.702. The molecular formula is C16H21NO3. The summed E-state index contributed by atoms with van der Waals surface area (Å²) >= 11 is 0. The molecule has 0 amide bonds. The lowest BCUT2D eigenvalue weighted by molar-refractivity contribution is -0.139. The molecule has 108 valence electrons. The number of ether oxygens (including phenoxy) is 1. The number of piperidine rings is 1. The van der Waals surface area contributed by atoms with Crippen LogP contribution < -0.4 is 0 Å². The molecule has 1 fully saturated rings. The molecule has 1 aromatic carbocycles. The van der Waals surface area contributed by atoms with E-state index < -0.39 is 5.97 Å². The average molecular weight is 275 g/mol. The predicted molar refractivity (Wildman–Crippen MR) is 75.4 cm³/mol. The van der Waals surface area contributed by atoms with Gasteiger partial charge in [-0.3, -0.25) is 9.69 Å². The third-order valence-corrected chi connectivity index (χ3v) is 4.43. The van der Waals surface area contributed by atoms with E-state index in [1.807, 2.05) is 6.07 Å². The quantitative estimate of drug-likeness (QED) is 0.921. The molecule has 2 aliphatic rings. The summed E-state index contributed by atoms with van der Waals surface area (Å²) in [5.74, 6) is -0.702. The Morgan fingerprint density at radius 1 is 1.35 bits per heavy atom. The maximum atomic E-state index is 11.1. The molecule has 0 aliphatic carbocycles. The molecule has 0 aromatic heterocycles. The highest BCUT2D eigenvalue weighted by molar-refractivity contribution is 5.67. The number of carboxylic acid groups (broad SMARTS) is 1. The Balaban J connectivity index is 1.85. The second-order valence-corrected chi connectivity index (χ2v) is 5.72. The van der Waals surface area contributed by atoms with E-state index in [0.29, 0.717) is 13.2 Å². The minimum absolute atomic E-state index is 0.140. The number of nitrogens with zero attached hydrogens (tertiary/aromatic N) is 1. The number of hydrogen-bond acceptors (Lipinski definition) is 3. The summed E-state index contributed by atoms with van der Waals surface area (Å²) in [5.41, 5.74) is 2.56. The molecular weight excluding hydrogens is 254 g/mol. The number of rotatable bonds is 3. The first-order valence-corrected chi connectivity index (χ1v) is 7.39. The fourth-order valence-corrected chi connectivity index (χ4v) is 3.49. The van der Waals surface area contributed by atoms with Crippen LogP contribution in [0.15, 0.2) is 24.3 Å². The van der Waals surface area contributed by atoms with Gasteiger partial charge in [-0.1, -0.05) is 30.7 Å². The predicted octanol–water partition coefficient (Wildman–Crippen LogP) is 2.59. The van der Waals surface area contributed by atoms with Crippen molar-refractivity contribution in [3.8, 4) is 0 Å². The number of hydrogen-bond donors (Lipinski definition) is 1. The van der Waals surface area contributed by atoms with E-state index in [1.165, 1.54) is 11.1 Å². The second kappa shape index (κ2) is 5.94. The van der Waals surface area contributed by atoms with E-state index in [1.54, 1.807) is 0 Å². The van der Waals surface area contributed by atoms with Gasteiger partial charge in [0, 0.05) is 6.04 Å². The van der Waals surface area contributed by atoms with Gasteiger partial charge in [0.1, 0.15) is 0 Å². The molecule has 0 spiro atoms. The van der Waals surface area contributed by atoms with Crippen LogP contribution in [0.5, 0.6) is 0 Å². The van der Waals surface area contributed by atoms with Crippen LogP contribution in [0.4, 0.5) is 0 Å². The number of fused-ring (bicyclic) bond motifs is 1. The van der Waals surface area contributed by atoms with Crippen molar-refractivity contribution in [3.05, 3.63) is 35.4 Å². The van der Waals surface area contributed by atoms with Gasteiger partial charge in [-0.25, -0.2) is 0 Å².